The molecule has 3 saturated heterocycles. The summed E-state index contributed by atoms with van der Waals surface area (Å²) < 4.78 is 5.28. The van der Waals surface area contributed by atoms with Gasteiger partial charge in [-0.3, -0.25) is 14.4 Å². The SMILES string of the molecule is CC1CCN(C(=O)CN2CN(c3ccccc3)C3(CCN(C(=O)c4ccco4)CC3)C2=O)CC1. The summed E-state index contributed by atoms with van der Waals surface area (Å²) in [6.07, 6.45) is 4.55. The monoisotopic (exact) mass is 464 g/mol. The van der Waals surface area contributed by atoms with Crippen molar-refractivity contribution in [3.63, 3.8) is 0 Å². The molecule has 3 aliphatic heterocycles. The van der Waals surface area contributed by atoms with Crippen LogP contribution in [0.1, 0.15) is 43.2 Å². The third-order valence-corrected chi connectivity index (χ3v) is 7.65. The van der Waals surface area contributed by atoms with E-state index < -0.39 is 5.54 Å². The van der Waals surface area contributed by atoms with Gasteiger partial charge in [-0.1, -0.05) is 25.1 Å². The molecule has 3 aliphatic rings. The van der Waals surface area contributed by atoms with Crippen LogP contribution >= 0.6 is 0 Å². The zero-order valence-corrected chi connectivity index (χ0v) is 19.7. The fourth-order valence-electron chi connectivity index (χ4n) is 5.48. The molecular weight excluding hydrogens is 432 g/mol. The van der Waals surface area contributed by atoms with Crippen LogP contribution in [0, 0.1) is 5.92 Å². The molecule has 3 fully saturated rings. The first-order chi connectivity index (χ1) is 16.5. The molecule has 8 heteroatoms. The van der Waals surface area contributed by atoms with Crippen molar-refractivity contribution in [2.45, 2.75) is 38.1 Å². The number of carbonyl (C=O) groups excluding carboxylic acids is 3. The van der Waals surface area contributed by atoms with E-state index in [1.54, 1.807) is 21.9 Å². The molecule has 0 N–H and O–H groups in total. The Kier molecular flexibility index (Phi) is 6.06. The highest BCUT2D eigenvalue weighted by Crippen LogP contribution is 2.39. The highest BCUT2D eigenvalue weighted by atomic mass is 16.3. The Hall–Kier alpha value is -3.29. The molecule has 8 nitrogen and oxygen atoms in total. The minimum absolute atomic E-state index is 0.0137. The van der Waals surface area contributed by atoms with Gasteiger partial charge in [-0.15, -0.1) is 0 Å². The molecule has 0 unspecified atom stereocenters. The number of likely N-dealkylation sites (tertiary alicyclic amines) is 2. The van der Waals surface area contributed by atoms with Crippen LogP contribution in [-0.2, 0) is 9.59 Å². The van der Waals surface area contributed by atoms with Crippen LogP contribution < -0.4 is 4.90 Å². The first-order valence-corrected chi connectivity index (χ1v) is 12.2. The van der Waals surface area contributed by atoms with E-state index in [2.05, 4.69) is 11.8 Å². The number of anilines is 1. The van der Waals surface area contributed by atoms with Crippen molar-refractivity contribution in [3.8, 4) is 0 Å². The fourth-order valence-corrected chi connectivity index (χ4v) is 5.48. The number of para-hydroxylation sites is 1. The van der Waals surface area contributed by atoms with Gasteiger partial charge in [0.1, 0.15) is 12.1 Å². The van der Waals surface area contributed by atoms with E-state index in [1.807, 2.05) is 35.2 Å². The van der Waals surface area contributed by atoms with Crippen molar-refractivity contribution in [1.29, 1.82) is 0 Å². The molecule has 34 heavy (non-hydrogen) atoms. The van der Waals surface area contributed by atoms with Gasteiger partial charge in [-0.25, -0.2) is 0 Å². The summed E-state index contributed by atoms with van der Waals surface area (Å²) in [6.45, 7) is 5.15. The number of nitrogens with zero attached hydrogens (tertiary/aromatic N) is 4. The minimum Gasteiger partial charge on any atom is -0.459 e. The quantitative estimate of drug-likeness (QED) is 0.696. The number of hydrogen-bond acceptors (Lipinski definition) is 5. The lowest BCUT2D eigenvalue weighted by atomic mass is 9.85. The van der Waals surface area contributed by atoms with Crippen LogP contribution in [0.2, 0.25) is 0 Å². The first kappa shape index (κ1) is 22.5. The Labute approximate surface area is 200 Å². The van der Waals surface area contributed by atoms with Gasteiger partial charge in [0.2, 0.25) is 5.91 Å². The van der Waals surface area contributed by atoms with Crippen LogP contribution in [0.3, 0.4) is 0 Å². The Balaban J connectivity index is 1.34. The summed E-state index contributed by atoms with van der Waals surface area (Å²) in [4.78, 5) is 47.1. The number of amides is 3. The van der Waals surface area contributed by atoms with Gasteiger partial charge in [0.15, 0.2) is 5.76 Å². The predicted molar refractivity (Wildman–Crippen MR) is 127 cm³/mol. The van der Waals surface area contributed by atoms with Crippen LogP contribution in [0.5, 0.6) is 0 Å². The lowest BCUT2D eigenvalue weighted by Gasteiger charge is -2.43. The zero-order chi connectivity index (χ0) is 23.7. The van der Waals surface area contributed by atoms with Crippen molar-refractivity contribution < 1.29 is 18.8 Å². The van der Waals surface area contributed by atoms with E-state index in [4.69, 9.17) is 4.42 Å². The second-order valence-corrected chi connectivity index (χ2v) is 9.77. The molecule has 180 valence electrons. The van der Waals surface area contributed by atoms with Gasteiger partial charge in [-0.2, -0.15) is 0 Å². The van der Waals surface area contributed by atoms with E-state index in [1.165, 1.54) is 6.26 Å². The standard InChI is InChI=1S/C26H32N4O4/c1-20-9-13-27(14-10-20)23(31)18-29-19-30(21-6-3-2-4-7-21)26(25(29)33)11-15-28(16-12-26)24(32)22-8-5-17-34-22/h2-8,17,20H,9-16,18-19H2,1H3. The number of carbonyl (C=O) groups is 3. The molecule has 0 saturated carbocycles. The third kappa shape index (κ3) is 4.06. The highest BCUT2D eigenvalue weighted by Gasteiger charge is 2.54. The van der Waals surface area contributed by atoms with Gasteiger partial charge in [0.25, 0.3) is 11.8 Å². The second kappa shape index (κ2) is 9.16. The molecule has 1 spiro atoms. The summed E-state index contributed by atoms with van der Waals surface area (Å²) in [7, 11) is 0. The molecule has 1 aromatic carbocycles. The van der Waals surface area contributed by atoms with Gasteiger partial charge in [-0.05, 0) is 55.9 Å². The number of benzene rings is 1. The minimum atomic E-state index is -0.752. The van der Waals surface area contributed by atoms with Crippen LogP contribution in [0.4, 0.5) is 5.69 Å². The summed E-state index contributed by atoms with van der Waals surface area (Å²) in [6, 6.07) is 13.3. The molecule has 0 bridgehead atoms. The van der Waals surface area contributed by atoms with Gasteiger partial charge < -0.3 is 24.0 Å². The lowest BCUT2D eigenvalue weighted by molar-refractivity contribution is -0.141. The summed E-state index contributed by atoms with van der Waals surface area (Å²) in [5.41, 5.74) is 0.209. The Morgan fingerprint density at radius 1 is 0.971 bits per heavy atom. The zero-order valence-electron chi connectivity index (χ0n) is 19.7. The van der Waals surface area contributed by atoms with Crippen LogP contribution in [-0.4, -0.2) is 77.4 Å². The maximum absolute atomic E-state index is 13.8. The topological polar surface area (TPSA) is 77.3 Å². The molecule has 0 aliphatic carbocycles. The van der Waals surface area contributed by atoms with Crippen LogP contribution in [0.15, 0.2) is 53.1 Å². The third-order valence-electron chi connectivity index (χ3n) is 7.65. The smallest absolute Gasteiger partial charge is 0.289 e. The second-order valence-electron chi connectivity index (χ2n) is 9.77. The Morgan fingerprint density at radius 3 is 2.32 bits per heavy atom. The number of hydrogen-bond donors (Lipinski definition) is 0. The molecule has 4 heterocycles. The molecule has 5 rings (SSSR count). The predicted octanol–water partition coefficient (Wildman–Crippen LogP) is 2.82. The molecule has 0 radical (unpaired) electrons. The normalized spacial score (nSPS) is 20.9. The van der Waals surface area contributed by atoms with Crippen molar-refractivity contribution in [2.24, 2.45) is 5.92 Å². The molecule has 2 aromatic rings. The molecule has 3 amide bonds. The van der Waals surface area contributed by atoms with E-state index in [0.29, 0.717) is 44.3 Å². The molecule has 0 atom stereocenters. The average molecular weight is 465 g/mol. The largest absolute Gasteiger partial charge is 0.459 e. The molecule has 1 aromatic heterocycles. The Morgan fingerprint density at radius 2 is 1.68 bits per heavy atom. The summed E-state index contributed by atoms with van der Waals surface area (Å²) >= 11 is 0. The Bertz CT molecular complexity index is 1020. The summed E-state index contributed by atoms with van der Waals surface area (Å²) in [5, 5.41) is 0. The fraction of sp³-hybridized carbons (Fsp3) is 0.500. The van der Waals surface area contributed by atoms with Gasteiger partial charge in [0.05, 0.1) is 12.9 Å². The van der Waals surface area contributed by atoms with Crippen molar-refractivity contribution >= 4 is 23.4 Å². The first-order valence-electron chi connectivity index (χ1n) is 12.2. The average Bonchev–Trinajstić information content (AvgIpc) is 3.49. The van der Waals surface area contributed by atoms with Crippen molar-refractivity contribution in [2.75, 3.05) is 44.3 Å². The van der Waals surface area contributed by atoms with Gasteiger partial charge in [0, 0.05) is 31.9 Å². The van der Waals surface area contributed by atoms with Gasteiger partial charge >= 0.3 is 0 Å². The van der Waals surface area contributed by atoms with Crippen molar-refractivity contribution in [3.05, 3.63) is 54.5 Å². The summed E-state index contributed by atoms with van der Waals surface area (Å²) in [5.74, 6) is 0.818. The number of rotatable bonds is 4. The van der Waals surface area contributed by atoms with E-state index in [0.717, 1.165) is 31.6 Å². The maximum atomic E-state index is 13.8. The molecular formula is C26H32N4O4. The maximum Gasteiger partial charge on any atom is 0.289 e. The number of furan rings is 1. The van der Waals surface area contributed by atoms with E-state index in [9.17, 15) is 14.4 Å². The number of piperidine rings is 2. The van der Waals surface area contributed by atoms with E-state index in [-0.39, 0.29) is 24.3 Å². The highest BCUT2D eigenvalue weighted by molar-refractivity contribution is 5.97. The van der Waals surface area contributed by atoms with Crippen molar-refractivity contribution in [1.82, 2.24) is 14.7 Å². The van der Waals surface area contributed by atoms with E-state index >= 15 is 0 Å². The van der Waals surface area contributed by atoms with Crippen LogP contribution in [0.25, 0.3) is 0 Å². The lowest BCUT2D eigenvalue weighted by Crippen LogP contribution is -2.57.